The van der Waals surface area contributed by atoms with Crippen LogP contribution in [0.15, 0.2) is 0 Å². The van der Waals surface area contributed by atoms with E-state index in [4.69, 9.17) is 0 Å². The van der Waals surface area contributed by atoms with Crippen LogP contribution in [0, 0.1) is 5.92 Å². The Kier molecular flexibility index (Phi) is 3.25. The molecule has 1 rings (SSSR count). The van der Waals surface area contributed by atoms with Gasteiger partial charge in [-0.15, -0.1) is 0 Å². The van der Waals surface area contributed by atoms with Gasteiger partial charge in [-0.3, -0.25) is 0 Å². The molecule has 0 amide bonds. The van der Waals surface area contributed by atoms with Gasteiger partial charge in [0.25, 0.3) is 0 Å². The van der Waals surface area contributed by atoms with E-state index in [1.165, 1.54) is 0 Å². The van der Waals surface area contributed by atoms with Crippen LogP contribution >= 0.6 is 12.6 Å². The minimum absolute atomic E-state index is 0.407. The Morgan fingerprint density at radius 1 is 1.45 bits per heavy atom. The second kappa shape index (κ2) is 3.81. The molecule has 0 aliphatic carbocycles. The van der Waals surface area contributed by atoms with Gasteiger partial charge in [-0.2, -0.15) is 12.6 Å². The number of rotatable bonds is 3. The van der Waals surface area contributed by atoms with Gasteiger partial charge in [0.2, 0.25) is 0 Å². The first kappa shape index (κ1) is 9.39. The van der Waals surface area contributed by atoms with Crippen molar-refractivity contribution in [1.82, 2.24) is 0 Å². The molecule has 2 nitrogen and oxygen atoms in total. The van der Waals surface area contributed by atoms with Crippen molar-refractivity contribution in [2.24, 2.45) is 5.92 Å². The third-order valence-corrected chi connectivity index (χ3v) is 4.25. The fraction of sp³-hybridized carbons (Fsp3) is 1.00. The number of hydrogen-bond acceptors (Lipinski definition) is 3. The molecule has 0 radical (unpaired) electrons. The largest absolute Gasteiger partial charge is 0.229 e. The highest BCUT2D eigenvalue weighted by Gasteiger charge is 2.26. The van der Waals surface area contributed by atoms with E-state index in [9.17, 15) is 8.42 Å². The zero-order chi connectivity index (χ0) is 8.32. The molecule has 1 aliphatic heterocycles. The van der Waals surface area contributed by atoms with E-state index in [1.807, 2.05) is 0 Å². The molecule has 0 aromatic carbocycles. The monoisotopic (exact) mass is 194 g/mol. The summed E-state index contributed by atoms with van der Waals surface area (Å²) in [6.45, 7) is 0. The average molecular weight is 194 g/mol. The molecule has 0 spiro atoms. The van der Waals surface area contributed by atoms with Gasteiger partial charge in [0, 0.05) is 0 Å². The van der Waals surface area contributed by atoms with Crippen molar-refractivity contribution in [2.75, 3.05) is 17.3 Å². The second-order valence-corrected chi connectivity index (χ2v) is 5.81. The lowest BCUT2D eigenvalue weighted by molar-refractivity contribution is 0.537. The summed E-state index contributed by atoms with van der Waals surface area (Å²) in [6.07, 6.45) is 2.95. The summed E-state index contributed by atoms with van der Waals surface area (Å²) in [5.41, 5.74) is 0. The molecule has 0 saturated carbocycles. The Labute approximate surface area is 73.7 Å². The number of thiol groups is 1. The molecule has 1 atom stereocenters. The van der Waals surface area contributed by atoms with Crippen molar-refractivity contribution in [3.05, 3.63) is 0 Å². The molecule has 0 bridgehead atoms. The smallest absolute Gasteiger partial charge is 0.150 e. The molecular weight excluding hydrogens is 180 g/mol. The highest BCUT2D eigenvalue weighted by Crippen LogP contribution is 2.22. The molecule has 1 aliphatic rings. The third-order valence-electron chi connectivity index (χ3n) is 2.10. The van der Waals surface area contributed by atoms with E-state index in [1.54, 1.807) is 0 Å². The van der Waals surface area contributed by atoms with E-state index < -0.39 is 9.84 Å². The van der Waals surface area contributed by atoms with E-state index in [0.29, 0.717) is 17.4 Å². The number of sulfone groups is 1. The van der Waals surface area contributed by atoms with Crippen molar-refractivity contribution in [1.29, 1.82) is 0 Å². The summed E-state index contributed by atoms with van der Waals surface area (Å²) in [5.74, 6) is 2.12. The van der Waals surface area contributed by atoms with E-state index in [0.717, 1.165) is 25.0 Å². The first-order chi connectivity index (χ1) is 5.14. The van der Waals surface area contributed by atoms with Gasteiger partial charge >= 0.3 is 0 Å². The van der Waals surface area contributed by atoms with Crippen LogP contribution in [0.25, 0.3) is 0 Å². The Morgan fingerprint density at radius 3 is 2.64 bits per heavy atom. The van der Waals surface area contributed by atoms with Crippen LogP contribution in [0.3, 0.4) is 0 Å². The minimum Gasteiger partial charge on any atom is -0.229 e. The molecule has 66 valence electrons. The molecule has 1 fully saturated rings. The van der Waals surface area contributed by atoms with E-state index >= 15 is 0 Å². The molecule has 1 heterocycles. The summed E-state index contributed by atoms with van der Waals surface area (Å²) < 4.78 is 22.0. The molecule has 11 heavy (non-hydrogen) atoms. The molecule has 0 aromatic rings. The highest BCUT2D eigenvalue weighted by atomic mass is 32.2. The van der Waals surface area contributed by atoms with Gasteiger partial charge in [0.1, 0.15) is 0 Å². The SMILES string of the molecule is O=S1(=O)CCC(CCCS)C1. The zero-order valence-electron chi connectivity index (χ0n) is 6.49. The molecule has 1 saturated heterocycles. The predicted molar refractivity (Wildman–Crippen MR) is 49.8 cm³/mol. The fourth-order valence-electron chi connectivity index (χ4n) is 1.48. The zero-order valence-corrected chi connectivity index (χ0v) is 8.20. The summed E-state index contributed by atoms with van der Waals surface area (Å²) >= 11 is 4.09. The van der Waals surface area contributed by atoms with E-state index in [2.05, 4.69) is 12.6 Å². The maximum absolute atomic E-state index is 11.0. The van der Waals surface area contributed by atoms with Crippen LogP contribution in [-0.2, 0) is 9.84 Å². The van der Waals surface area contributed by atoms with Crippen LogP contribution in [0.1, 0.15) is 19.3 Å². The van der Waals surface area contributed by atoms with Crippen molar-refractivity contribution < 1.29 is 8.42 Å². The summed E-state index contributed by atoms with van der Waals surface area (Å²) in [6, 6.07) is 0. The van der Waals surface area contributed by atoms with Crippen molar-refractivity contribution in [2.45, 2.75) is 19.3 Å². The average Bonchev–Trinajstić information content (AvgIpc) is 2.26. The van der Waals surface area contributed by atoms with Crippen LogP contribution < -0.4 is 0 Å². The van der Waals surface area contributed by atoms with Crippen LogP contribution in [0.5, 0.6) is 0 Å². The maximum Gasteiger partial charge on any atom is 0.150 e. The second-order valence-electron chi connectivity index (χ2n) is 3.13. The van der Waals surface area contributed by atoms with E-state index in [-0.39, 0.29) is 0 Å². The van der Waals surface area contributed by atoms with Crippen LogP contribution in [0.4, 0.5) is 0 Å². The van der Waals surface area contributed by atoms with Crippen LogP contribution in [-0.4, -0.2) is 25.7 Å². The Balaban J connectivity index is 2.31. The van der Waals surface area contributed by atoms with Gasteiger partial charge in [0.05, 0.1) is 11.5 Å². The Hall–Kier alpha value is 0.300. The molecular formula is C7H14O2S2. The van der Waals surface area contributed by atoms with Crippen molar-refractivity contribution >= 4 is 22.5 Å². The summed E-state index contributed by atoms with van der Waals surface area (Å²) in [4.78, 5) is 0. The normalized spacial score (nSPS) is 29.0. The molecule has 4 heteroatoms. The maximum atomic E-state index is 11.0. The first-order valence-electron chi connectivity index (χ1n) is 3.95. The first-order valence-corrected chi connectivity index (χ1v) is 6.41. The lowest BCUT2D eigenvalue weighted by Crippen LogP contribution is -2.04. The van der Waals surface area contributed by atoms with Gasteiger partial charge in [-0.25, -0.2) is 8.42 Å². The van der Waals surface area contributed by atoms with Gasteiger partial charge in [-0.05, 0) is 30.9 Å². The topological polar surface area (TPSA) is 34.1 Å². The lowest BCUT2D eigenvalue weighted by atomic mass is 10.0. The third kappa shape index (κ3) is 3.03. The molecule has 0 aromatic heterocycles. The molecule has 1 unspecified atom stereocenters. The molecule has 0 N–H and O–H groups in total. The summed E-state index contributed by atoms with van der Waals surface area (Å²) in [7, 11) is -2.65. The summed E-state index contributed by atoms with van der Waals surface area (Å²) in [5, 5.41) is 0. The quantitative estimate of drug-likeness (QED) is 0.683. The standard InChI is InChI=1S/C7H14O2S2/c8-11(9)5-3-7(6-11)2-1-4-10/h7,10H,1-6H2. The fourth-order valence-corrected chi connectivity index (χ4v) is 3.57. The van der Waals surface area contributed by atoms with Crippen molar-refractivity contribution in [3.8, 4) is 0 Å². The Morgan fingerprint density at radius 2 is 2.18 bits per heavy atom. The predicted octanol–water partition coefficient (Wildman–Crippen LogP) is 1.13. The van der Waals surface area contributed by atoms with Gasteiger partial charge < -0.3 is 0 Å². The lowest BCUT2D eigenvalue weighted by Gasteiger charge is -2.03. The minimum atomic E-state index is -2.65. The van der Waals surface area contributed by atoms with Gasteiger partial charge in [0.15, 0.2) is 9.84 Å². The number of hydrogen-bond donors (Lipinski definition) is 1. The highest BCUT2D eigenvalue weighted by molar-refractivity contribution is 7.91. The van der Waals surface area contributed by atoms with Crippen LogP contribution in [0.2, 0.25) is 0 Å². The van der Waals surface area contributed by atoms with Crippen molar-refractivity contribution in [3.63, 3.8) is 0 Å². The Bertz CT molecular complexity index is 208. The van der Waals surface area contributed by atoms with Gasteiger partial charge in [-0.1, -0.05) is 0 Å².